The van der Waals surface area contributed by atoms with Crippen LogP contribution in [0.15, 0.2) is 36.0 Å². The summed E-state index contributed by atoms with van der Waals surface area (Å²) in [6, 6.07) is 7.75. The van der Waals surface area contributed by atoms with Crippen molar-refractivity contribution < 1.29 is 14.7 Å². The summed E-state index contributed by atoms with van der Waals surface area (Å²) in [5, 5.41) is 8.90. The van der Waals surface area contributed by atoms with Crippen molar-refractivity contribution in [2.45, 2.75) is 51.9 Å². The Hall–Kier alpha value is -2.01. The fourth-order valence-electron chi connectivity index (χ4n) is 2.69. The van der Waals surface area contributed by atoms with Gasteiger partial charge >= 0.3 is 5.97 Å². The Bertz CT molecular complexity index is 682. The molecular weight excluding hydrogens is 334 g/mol. The number of carboxylic acids is 1. The molecule has 2 aromatic rings. The van der Waals surface area contributed by atoms with Crippen LogP contribution in [0.2, 0.25) is 0 Å². The van der Waals surface area contributed by atoms with E-state index in [-0.39, 0.29) is 12.2 Å². The number of aromatic nitrogens is 1. The van der Waals surface area contributed by atoms with Crippen molar-refractivity contribution in [1.82, 2.24) is 4.98 Å². The quantitative estimate of drug-likeness (QED) is 0.463. The molecule has 1 atom stereocenters. The number of unbranched alkanes of at least 4 members (excludes halogenated alkanes) is 2. The van der Waals surface area contributed by atoms with E-state index in [4.69, 9.17) is 5.11 Å². The molecule has 0 aliphatic carbocycles. The smallest absolute Gasteiger partial charge is 0.306 e. The maximum atomic E-state index is 12.2. The summed E-state index contributed by atoms with van der Waals surface area (Å²) in [7, 11) is 0. The number of benzene rings is 1. The number of rotatable bonds is 11. The number of hydrogen-bond donors (Lipinski definition) is 1. The van der Waals surface area contributed by atoms with Crippen molar-refractivity contribution >= 4 is 23.1 Å². The van der Waals surface area contributed by atoms with Gasteiger partial charge < -0.3 is 5.11 Å². The molecular formula is C20H25NO3S. The highest BCUT2D eigenvalue weighted by atomic mass is 32.1. The third-order valence-corrected chi connectivity index (χ3v) is 5.19. The van der Waals surface area contributed by atoms with Crippen LogP contribution in [0.5, 0.6) is 0 Å². The van der Waals surface area contributed by atoms with Crippen LogP contribution in [0, 0.1) is 5.92 Å². The Morgan fingerprint density at radius 3 is 2.72 bits per heavy atom. The average molecular weight is 359 g/mol. The molecule has 25 heavy (non-hydrogen) atoms. The van der Waals surface area contributed by atoms with Crippen LogP contribution < -0.4 is 0 Å². The maximum absolute atomic E-state index is 12.2. The highest BCUT2D eigenvalue weighted by Gasteiger charge is 2.14. The second kappa shape index (κ2) is 10.1. The van der Waals surface area contributed by atoms with E-state index >= 15 is 0 Å². The predicted octanol–water partition coefficient (Wildman–Crippen LogP) is 4.78. The molecule has 1 aromatic carbocycles. The molecule has 0 radical (unpaired) electrons. The van der Waals surface area contributed by atoms with E-state index in [0.29, 0.717) is 12.0 Å². The van der Waals surface area contributed by atoms with Crippen molar-refractivity contribution in [1.29, 1.82) is 0 Å². The van der Waals surface area contributed by atoms with Gasteiger partial charge in [-0.1, -0.05) is 31.5 Å². The van der Waals surface area contributed by atoms with Gasteiger partial charge in [0.25, 0.3) is 0 Å². The highest BCUT2D eigenvalue weighted by molar-refractivity contribution is 7.09. The molecule has 0 saturated carbocycles. The number of ketones is 1. The van der Waals surface area contributed by atoms with E-state index < -0.39 is 11.9 Å². The maximum Gasteiger partial charge on any atom is 0.306 e. The minimum atomic E-state index is -0.847. The van der Waals surface area contributed by atoms with E-state index in [1.807, 2.05) is 29.9 Å². The minimum Gasteiger partial charge on any atom is -0.481 e. The van der Waals surface area contributed by atoms with Crippen molar-refractivity contribution in [3.8, 4) is 0 Å². The van der Waals surface area contributed by atoms with Crippen LogP contribution in [0.4, 0.5) is 0 Å². The lowest BCUT2D eigenvalue weighted by Crippen LogP contribution is -2.11. The Morgan fingerprint density at radius 1 is 1.20 bits per heavy atom. The summed E-state index contributed by atoms with van der Waals surface area (Å²) < 4.78 is 0. The van der Waals surface area contributed by atoms with Crippen molar-refractivity contribution in [2.75, 3.05) is 0 Å². The number of thiazole rings is 1. The van der Waals surface area contributed by atoms with Gasteiger partial charge in [-0.2, -0.15) is 0 Å². The molecule has 0 spiro atoms. The van der Waals surface area contributed by atoms with Gasteiger partial charge in [0.1, 0.15) is 0 Å². The molecule has 0 aliphatic rings. The van der Waals surface area contributed by atoms with Gasteiger partial charge in [0, 0.05) is 23.1 Å². The van der Waals surface area contributed by atoms with Gasteiger partial charge in [-0.3, -0.25) is 14.6 Å². The topological polar surface area (TPSA) is 67.3 Å². The molecule has 0 unspecified atom stereocenters. The molecule has 4 nitrogen and oxygen atoms in total. The van der Waals surface area contributed by atoms with E-state index in [1.165, 1.54) is 10.4 Å². The number of aryl methyl sites for hydroxylation is 2. The van der Waals surface area contributed by atoms with Gasteiger partial charge in [0.05, 0.1) is 11.4 Å². The van der Waals surface area contributed by atoms with Crippen LogP contribution >= 0.6 is 11.3 Å². The highest BCUT2D eigenvalue weighted by Crippen LogP contribution is 2.16. The lowest BCUT2D eigenvalue weighted by atomic mass is 9.97. The van der Waals surface area contributed by atoms with E-state index in [0.717, 1.165) is 32.1 Å². The lowest BCUT2D eigenvalue weighted by molar-refractivity contribution is -0.141. The summed E-state index contributed by atoms with van der Waals surface area (Å²) in [6.45, 7) is 1.64. The largest absolute Gasteiger partial charge is 0.481 e. The molecule has 0 amide bonds. The SMILES string of the molecule is C[C@@H](CCC(=O)c1cccc(CCCCCc2cncs2)c1)C(=O)O. The summed E-state index contributed by atoms with van der Waals surface area (Å²) in [5.74, 6) is -1.30. The molecule has 5 heteroatoms. The van der Waals surface area contributed by atoms with Crippen LogP contribution in [-0.2, 0) is 17.6 Å². The Kier molecular flexibility index (Phi) is 7.79. The zero-order valence-corrected chi connectivity index (χ0v) is 15.4. The van der Waals surface area contributed by atoms with Crippen LogP contribution in [0.1, 0.15) is 59.8 Å². The van der Waals surface area contributed by atoms with Gasteiger partial charge in [0.15, 0.2) is 5.78 Å². The summed E-state index contributed by atoms with van der Waals surface area (Å²) >= 11 is 1.71. The molecule has 134 valence electrons. The fraction of sp³-hybridized carbons (Fsp3) is 0.450. The van der Waals surface area contributed by atoms with Crippen LogP contribution in [-0.4, -0.2) is 21.8 Å². The van der Waals surface area contributed by atoms with Crippen LogP contribution in [0.3, 0.4) is 0 Å². The van der Waals surface area contributed by atoms with Gasteiger partial charge in [0.2, 0.25) is 0 Å². The number of nitrogens with zero attached hydrogens (tertiary/aromatic N) is 1. The average Bonchev–Trinajstić information content (AvgIpc) is 3.12. The second-order valence-corrected chi connectivity index (χ2v) is 7.40. The number of carboxylic acid groups (broad SMARTS) is 1. The standard InChI is InChI=1S/C20H25NO3S/c1-15(20(23)24)10-11-19(22)17-8-5-7-16(12-17)6-3-2-4-9-18-13-21-14-25-18/h5,7-8,12-15H,2-4,6,9-11H2,1H3,(H,23,24)/t15-/m0/s1. The Labute approximate surface area is 152 Å². The second-order valence-electron chi connectivity index (χ2n) is 6.43. The summed E-state index contributed by atoms with van der Waals surface area (Å²) in [6.07, 6.45) is 8.08. The molecule has 0 fully saturated rings. The van der Waals surface area contributed by atoms with Gasteiger partial charge in [-0.25, -0.2) is 0 Å². The normalized spacial score (nSPS) is 12.0. The van der Waals surface area contributed by atoms with Crippen molar-refractivity contribution in [2.24, 2.45) is 5.92 Å². The number of Topliss-reactive ketones (excluding diaryl/α,β-unsaturated/α-hetero) is 1. The molecule has 0 saturated heterocycles. The third-order valence-electron chi connectivity index (χ3n) is 4.35. The van der Waals surface area contributed by atoms with Crippen molar-refractivity contribution in [3.05, 3.63) is 52.0 Å². The first-order chi connectivity index (χ1) is 12.1. The molecule has 1 N–H and O–H groups in total. The van der Waals surface area contributed by atoms with Gasteiger partial charge in [-0.15, -0.1) is 11.3 Å². The van der Waals surface area contributed by atoms with Crippen molar-refractivity contribution in [3.63, 3.8) is 0 Å². The first-order valence-corrected chi connectivity index (χ1v) is 9.66. The van der Waals surface area contributed by atoms with Gasteiger partial charge in [-0.05, 0) is 43.7 Å². The minimum absolute atomic E-state index is 0.0279. The number of carbonyl (C=O) groups excluding carboxylic acids is 1. The Balaban J connectivity index is 1.74. The van der Waals surface area contributed by atoms with Crippen LogP contribution in [0.25, 0.3) is 0 Å². The summed E-state index contributed by atoms with van der Waals surface area (Å²) in [4.78, 5) is 28.5. The number of hydrogen-bond acceptors (Lipinski definition) is 4. The zero-order valence-electron chi connectivity index (χ0n) is 14.6. The molecule has 0 aliphatic heterocycles. The third kappa shape index (κ3) is 6.78. The molecule has 1 aromatic heterocycles. The Morgan fingerprint density at radius 2 is 2.00 bits per heavy atom. The summed E-state index contributed by atoms with van der Waals surface area (Å²) in [5.41, 5.74) is 3.74. The first-order valence-electron chi connectivity index (χ1n) is 8.78. The van der Waals surface area contributed by atoms with E-state index in [1.54, 1.807) is 18.3 Å². The van der Waals surface area contributed by atoms with E-state index in [9.17, 15) is 9.59 Å². The lowest BCUT2D eigenvalue weighted by Gasteiger charge is -2.07. The number of carbonyl (C=O) groups is 2. The predicted molar refractivity (Wildman–Crippen MR) is 100 cm³/mol. The zero-order chi connectivity index (χ0) is 18.1. The molecule has 0 bridgehead atoms. The first kappa shape index (κ1) is 19.3. The van der Waals surface area contributed by atoms with E-state index in [2.05, 4.69) is 11.1 Å². The molecule has 1 heterocycles. The molecule has 2 rings (SSSR count). The monoisotopic (exact) mass is 359 g/mol. The number of aliphatic carboxylic acids is 1. The fourth-order valence-corrected chi connectivity index (χ4v) is 3.33.